The Bertz CT molecular complexity index is 972. The van der Waals surface area contributed by atoms with Crippen molar-refractivity contribution in [2.24, 2.45) is 11.8 Å². The minimum absolute atomic E-state index is 0.0680. The molecule has 3 rings (SSSR count). The van der Waals surface area contributed by atoms with Crippen molar-refractivity contribution in [3.05, 3.63) is 47.0 Å². The molecule has 1 aromatic carbocycles. The van der Waals surface area contributed by atoms with Crippen molar-refractivity contribution >= 4 is 17.7 Å². The van der Waals surface area contributed by atoms with Crippen LogP contribution >= 0.6 is 0 Å². The van der Waals surface area contributed by atoms with Gasteiger partial charge in [-0.05, 0) is 38.2 Å². The van der Waals surface area contributed by atoms with Crippen molar-refractivity contribution in [1.82, 2.24) is 9.88 Å². The van der Waals surface area contributed by atoms with E-state index < -0.39 is 23.5 Å². The maximum Gasteiger partial charge on any atom is 0.340 e. The number of ketones is 1. The van der Waals surface area contributed by atoms with E-state index in [2.05, 4.69) is 4.98 Å². The van der Waals surface area contributed by atoms with E-state index in [0.29, 0.717) is 18.8 Å². The second kappa shape index (κ2) is 8.81. The smallest absolute Gasteiger partial charge is 0.340 e. The average molecular weight is 414 g/mol. The molecule has 1 aliphatic rings. The van der Waals surface area contributed by atoms with Gasteiger partial charge in [-0.15, -0.1) is 0 Å². The van der Waals surface area contributed by atoms with Gasteiger partial charge in [0.15, 0.2) is 0 Å². The van der Waals surface area contributed by atoms with Crippen LogP contribution in [0.4, 0.5) is 4.39 Å². The van der Waals surface area contributed by atoms with Crippen molar-refractivity contribution in [2.45, 2.75) is 34.1 Å². The van der Waals surface area contributed by atoms with E-state index in [0.717, 1.165) is 6.42 Å². The monoisotopic (exact) mass is 414 g/mol. The van der Waals surface area contributed by atoms with Gasteiger partial charge in [0, 0.05) is 29.9 Å². The molecule has 2 aromatic rings. The maximum atomic E-state index is 14.6. The van der Waals surface area contributed by atoms with Crippen molar-refractivity contribution in [1.29, 1.82) is 0 Å². The van der Waals surface area contributed by atoms with Crippen LogP contribution in [0.1, 0.15) is 53.7 Å². The first kappa shape index (κ1) is 21.7. The highest BCUT2D eigenvalue weighted by Gasteiger charge is 2.35. The standard InChI is InChI=1S/C23H27FN2O4/c1-5-30-23(29)18-15(4)25-20(19(18)16-8-6-7-9-17(16)24)21(27)22(28)26-11-13(2)10-14(3)12-26/h6-9,13-14,25H,5,10-12H2,1-4H3/t13-,14+. The van der Waals surface area contributed by atoms with Crippen LogP contribution in [-0.2, 0) is 9.53 Å². The number of aromatic nitrogens is 1. The zero-order chi connectivity index (χ0) is 22.0. The Morgan fingerprint density at radius 3 is 2.40 bits per heavy atom. The Hall–Kier alpha value is -2.96. The molecule has 1 N–H and O–H groups in total. The number of halogens is 1. The molecule has 0 bridgehead atoms. The van der Waals surface area contributed by atoms with Crippen LogP contribution < -0.4 is 0 Å². The van der Waals surface area contributed by atoms with Crippen LogP contribution in [0.5, 0.6) is 0 Å². The zero-order valence-corrected chi connectivity index (χ0v) is 17.8. The van der Waals surface area contributed by atoms with E-state index in [1.807, 2.05) is 13.8 Å². The molecule has 160 valence electrons. The number of Topliss-reactive ketones (excluding diaryl/α,β-unsaturated/α-hetero) is 1. The number of nitrogens with one attached hydrogen (secondary N) is 1. The van der Waals surface area contributed by atoms with Gasteiger partial charge in [0.05, 0.1) is 12.2 Å². The number of benzene rings is 1. The number of hydrogen-bond acceptors (Lipinski definition) is 4. The highest BCUT2D eigenvalue weighted by molar-refractivity contribution is 6.43. The van der Waals surface area contributed by atoms with Crippen LogP contribution in [0.15, 0.2) is 24.3 Å². The Kier molecular flexibility index (Phi) is 6.39. The van der Waals surface area contributed by atoms with E-state index in [4.69, 9.17) is 4.74 Å². The molecule has 0 saturated carbocycles. The van der Waals surface area contributed by atoms with E-state index in [9.17, 15) is 18.8 Å². The number of esters is 1. The first-order valence-electron chi connectivity index (χ1n) is 10.2. The third-order valence-electron chi connectivity index (χ3n) is 5.39. The number of hydrogen-bond donors (Lipinski definition) is 1. The van der Waals surface area contributed by atoms with Gasteiger partial charge in [-0.2, -0.15) is 0 Å². The third-order valence-corrected chi connectivity index (χ3v) is 5.39. The van der Waals surface area contributed by atoms with Crippen molar-refractivity contribution in [2.75, 3.05) is 19.7 Å². The molecule has 2 atom stereocenters. The van der Waals surface area contributed by atoms with Gasteiger partial charge in [-0.3, -0.25) is 9.59 Å². The lowest BCUT2D eigenvalue weighted by Crippen LogP contribution is -2.45. The highest BCUT2D eigenvalue weighted by Crippen LogP contribution is 2.34. The lowest BCUT2D eigenvalue weighted by molar-refractivity contribution is -0.129. The fourth-order valence-electron chi connectivity index (χ4n) is 4.27. The Labute approximate surface area is 175 Å². The third kappa shape index (κ3) is 4.15. The summed E-state index contributed by atoms with van der Waals surface area (Å²) in [6.45, 7) is 8.47. The number of aromatic amines is 1. The second-order valence-electron chi connectivity index (χ2n) is 8.06. The molecule has 0 unspecified atom stereocenters. The van der Waals surface area contributed by atoms with Gasteiger partial charge in [0.25, 0.3) is 11.7 Å². The number of H-pyrrole nitrogens is 1. The van der Waals surface area contributed by atoms with Gasteiger partial charge >= 0.3 is 5.97 Å². The molecule has 0 spiro atoms. The number of nitrogens with zero attached hydrogens (tertiary/aromatic N) is 1. The molecule has 1 aromatic heterocycles. The van der Waals surface area contributed by atoms with E-state index in [1.165, 1.54) is 18.2 Å². The quantitative estimate of drug-likeness (QED) is 0.456. The number of piperidine rings is 1. The van der Waals surface area contributed by atoms with Crippen molar-refractivity contribution in [3.63, 3.8) is 0 Å². The number of carbonyl (C=O) groups is 3. The van der Waals surface area contributed by atoms with Gasteiger partial charge < -0.3 is 14.6 Å². The summed E-state index contributed by atoms with van der Waals surface area (Å²) >= 11 is 0. The summed E-state index contributed by atoms with van der Waals surface area (Å²) in [5.41, 5.74) is 0.472. The van der Waals surface area contributed by atoms with E-state index in [1.54, 1.807) is 24.8 Å². The molecule has 0 aliphatic carbocycles. The minimum Gasteiger partial charge on any atom is -0.462 e. The Balaban J connectivity index is 2.09. The normalized spacial score (nSPS) is 18.9. The van der Waals surface area contributed by atoms with Crippen LogP contribution in [-0.4, -0.2) is 47.2 Å². The highest BCUT2D eigenvalue weighted by atomic mass is 19.1. The molecule has 30 heavy (non-hydrogen) atoms. The van der Waals surface area contributed by atoms with Crippen molar-refractivity contribution in [3.8, 4) is 11.1 Å². The summed E-state index contributed by atoms with van der Waals surface area (Å²) in [4.78, 5) is 43.2. The summed E-state index contributed by atoms with van der Waals surface area (Å²) in [6.07, 6.45) is 0.993. The van der Waals surface area contributed by atoms with Crippen LogP contribution in [0.2, 0.25) is 0 Å². The molecule has 1 saturated heterocycles. The number of ether oxygens (including phenoxy) is 1. The lowest BCUT2D eigenvalue weighted by atomic mass is 9.91. The lowest BCUT2D eigenvalue weighted by Gasteiger charge is -2.34. The van der Waals surface area contributed by atoms with Gasteiger partial charge in [0.2, 0.25) is 0 Å². The second-order valence-corrected chi connectivity index (χ2v) is 8.06. The van der Waals surface area contributed by atoms with Crippen LogP contribution in [0.3, 0.4) is 0 Å². The summed E-state index contributed by atoms with van der Waals surface area (Å²) < 4.78 is 19.8. The summed E-state index contributed by atoms with van der Waals surface area (Å²) in [6, 6.07) is 5.86. The summed E-state index contributed by atoms with van der Waals surface area (Å²) in [5.74, 6) is -2.12. The van der Waals surface area contributed by atoms with E-state index in [-0.39, 0.29) is 40.8 Å². The topological polar surface area (TPSA) is 79.5 Å². The molecule has 6 nitrogen and oxygen atoms in total. The van der Waals surface area contributed by atoms with Gasteiger partial charge in [-0.25, -0.2) is 9.18 Å². The SMILES string of the molecule is CCOC(=O)c1c(C)[nH]c(C(=O)C(=O)N2C[C@H](C)C[C@H](C)C2)c1-c1ccccc1F. The van der Waals surface area contributed by atoms with Crippen LogP contribution in [0, 0.1) is 24.6 Å². The number of amides is 1. The summed E-state index contributed by atoms with van der Waals surface area (Å²) in [5, 5.41) is 0. The number of rotatable bonds is 5. The maximum absolute atomic E-state index is 14.6. The Morgan fingerprint density at radius 1 is 1.17 bits per heavy atom. The molecule has 7 heteroatoms. The molecular formula is C23H27FN2O4. The summed E-state index contributed by atoms with van der Waals surface area (Å²) in [7, 11) is 0. The van der Waals surface area contributed by atoms with Crippen molar-refractivity contribution < 1.29 is 23.5 Å². The van der Waals surface area contributed by atoms with Gasteiger partial charge in [0.1, 0.15) is 11.5 Å². The predicted octanol–water partition coefficient (Wildman–Crippen LogP) is 3.99. The molecule has 2 heterocycles. The Morgan fingerprint density at radius 2 is 1.80 bits per heavy atom. The molecule has 1 amide bonds. The molecule has 0 radical (unpaired) electrons. The first-order valence-corrected chi connectivity index (χ1v) is 10.2. The fourth-order valence-corrected chi connectivity index (χ4v) is 4.27. The zero-order valence-electron chi connectivity index (χ0n) is 17.8. The van der Waals surface area contributed by atoms with E-state index >= 15 is 0 Å². The number of aryl methyl sites for hydroxylation is 1. The van der Waals surface area contributed by atoms with Gasteiger partial charge in [-0.1, -0.05) is 32.0 Å². The number of likely N-dealkylation sites (tertiary alicyclic amines) is 1. The van der Waals surface area contributed by atoms with Crippen LogP contribution in [0.25, 0.3) is 11.1 Å². The average Bonchev–Trinajstić information content (AvgIpc) is 3.03. The largest absolute Gasteiger partial charge is 0.462 e. The molecular weight excluding hydrogens is 387 g/mol. The number of carbonyl (C=O) groups excluding carboxylic acids is 3. The fraction of sp³-hybridized carbons (Fsp3) is 0.435. The molecule has 1 fully saturated rings. The minimum atomic E-state index is -0.784. The molecule has 1 aliphatic heterocycles. The predicted molar refractivity (Wildman–Crippen MR) is 111 cm³/mol. The first-order chi connectivity index (χ1) is 14.2.